The van der Waals surface area contributed by atoms with Crippen LogP contribution in [0.3, 0.4) is 0 Å². The Hall–Kier alpha value is -2.57. The van der Waals surface area contributed by atoms with Gasteiger partial charge in [0.05, 0.1) is 32.4 Å². The lowest BCUT2D eigenvalue weighted by atomic mass is 10.3. The highest BCUT2D eigenvalue weighted by molar-refractivity contribution is 8.23. The Morgan fingerprint density at radius 2 is 1.75 bits per heavy atom. The van der Waals surface area contributed by atoms with Crippen molar-refractivity contribution in [1.29, 1.82) is 0 Å². The second-order valence-corrected chi connectivity index (χ2v) is 12.2. The number of halogens is 2. The highest BCUT2D eigenvalue weighted by atomic mass is 35.5. The summed E-state index contributed by atoms with van der Waals surface area (Å²) >= 11 is 18.8. The van der Waals surface area contributed by atoms with Crippen LogP contribution in [-0.2, 0) is 11.8 Å². The van der Waals surface area contributed by atoms with Gasteiger partial charge in [0.2, 0.25) is 0 Å². The fourth-order valence-corrected chi connectivity index (χ4v) is 8.41. The summed E-state index contributed by atoms with van der Waals surface area (Å²) in [5, 5.41) is 9.21. The van der Waals surface area contributed by atoms with Gasteiger partial charge in [-0.25, -0.2) is 9.48 Å². The van der Waals surface area contributed by atoms with Crippen molar-refractivity contribution >= 4 is 69.5 Å². The van der Waals surface area contributed by atoms with Gasteiger partial charge in [-0.2, -0.15) is 5.10 Å². The molecule has 2 aromatic heterocycles. The van der Waals surface area contributed by atoms with E-state index in [1.54, 1.807) is 27.6 Å². The summed E-state index contributed by atoms with van der Waals surface area (Å²) in [7, 11) is 0. The van der Waals surface area contributed by atoms with Crippen molar-refractivity contribution in [3.05, 3.63) is 82.2 Å². The predicted octanol–water partition coefficient (Wildman–Crippen LogP) is 5.79. The third kappa shape index (κ3) is 3.20. The van der Waals surface area contributed by atoms with Crippen molar-refractivity contribution < 1.29 is 9.21 Å². The number of nitrogens with one attached hydrogen (secondary N) is 1. The third-order valence-electron chi connectivity index (χ3n) is 5.20. The molecule has 0 bridgehead atoms. The zero-order chi connectivity index (χ0) is 22.6. The van der Waals surface area contributed by atoms with Crippen LogP contribution in [0, 0.1) is 13.8 Å². The molecule has 0 saturated heterocycles. The summed E-state index contributed by atoms with van der Waals surface area (Å²) in [5.74, 6) is 1.26. The standard InChI is InChI=1S/C22H17Cl2N4O2PS/c1-13-8-11-19(30-13)31(32)20-14(2)26-27(15-6-4-3-5-7-15)21(20)25-22(29)28(31)16-9-10-17(23)18(24)12-16/h3-12H,1-2H3,(H,25,29). The minimum absolute atomic E-state index is 0.330. The number of nitrogens with zero attached hydrogens (tertiary/aromatic N) is 3. The number of aryl methyl sites for hydroxylation is 2. The molecule has 0 radical (unpaired) electrons. The van der Waals surface area contributed by atoms with Gasteiger partial charge < -0.3 is 4.42 Å². The minimum Gasteiger partial charge on any atom is -0.459 e. The van der Waals surface area contributed by atoms with Crippen molar-refractivity contribution in [3.8, 4) is 5.69 Å². The molecule has 1 unspecified atom stereocenters. The smallest absolute Gasteiger partial charge is 0.332 e. The van der Waals surface area contributed by atoms with Crippen LogP contribution in [0.5, 0.6) is 0 Å². The number of fused-ring (bicyclic) bond motifs is 1. The van der Waals surface area contributed by atoms with Gasteiger partial charge in [0.15, 0.2) is 5.50 Å². The Bertz CT molecular complexity index is 1420. The van der Waals surface area contributed by atoms with Gasteiger partial charge in [-0.05, 0) is 56.3 Å². The summed E-state index contributed by atoms with van der Waals surface area (Å²) < 4.78 is 9.31. The molecule has 1 aliphatic heterocycles. The van der Waals surface area contributed by atoms with Crippen molar-refractivity contribution in [2.75, 3.05) is 9.99 Å². The molecule has 0 saturated carbocycles. The molecule has 0 fully saturated rings. The fourth-order valence-electron chi connectivity index (χ4n) is 3.82. The van der Waals surface area contributed by atoms with Gasteiger partial charge >= 0.3 is 6.03 Å². The summed E-state index contributed by atoms with van der Waals surface area (Å²) in [4.78, 5) is 13.6. The van der Waals surface area contributed by atoms with Crippen LogP contribution in [-0.4, -0.2) is 15.8 Å². The number of carbonyl (C=O) groups is 1. The average Bonchev–Trinajstić information content (AvgIpc) is 3.35. The van der Waals surface area contributed by atoms with E-state index in [-0.39, 0.29) is 6.03 Å². The number of urea groups is 1. The first-order valence-electron chi connectivity index (χ1n) is 9.70. The van der Waals surface area contributed by atoms with Gasteiger partial charge in [-0.15, -0.1) is 0 Å². The summed E-state index contributed by atoms with van der Waals surface area (Å²) in [5.41, 5.74) is 2.61. The number of anilines is 2. The first-order valence-corrected chi connectivity index (χ1v) is 13.2. The maximum atomic E-state index is 13.6. The van der Waals surface area contributed by atoms with Gasteiger partial charge in [0.25, 0.3) is 0 Å². The van der Waals surface area contributed by atoms with E-state index in [1.807, 2.05) is 56.3 Å². The lowest BCUT2D eigenvalue weighted by Gasteiger charge is -2.38. The fraction of sp³-hybridized carbons (Fsp3) is 0.0909. The van der Waals surface area contributed by atoms with Crippen molar-refractivity contribution in [1.82, 2.24) is 9.78 Å². The molecule has 0 spiro atoms. The molecule has 1 aliphatic rings. The number of benzene rings is 2. The maximum absolute atomic E-state index is 13.6. The maximum Gasteiger partial charge on any atom is 0.332 e. The second kappa shape index (κ2) is 7.78. The number of rotatable bonds is 3. The second-order valence-electron chi connectivity index (χ2n) is 7.33. The Labute approximate surface area is 199 Å². The van der Waals surface area contributed by atoms with E-state index in [1.165, 1.54) is 0 Å². The number of aromatic nitrogens is 2. The van der Waals surface area contributed by atoms with Crippen molar-refractivity contribution in [3.63, 3.8) is 0 Å². The third-order valence-corrected chi connectivity index (χ3v) is 10.5. The van der Waals surface area contributed by atoms with Gasteiger partial charge in [-0.3, -0.25) is 9.99 Å². The Morgan fingerprint density at radius 3 is 2.41 bits per heavy atom. The molecule has 32 heavy (non-hydrogen) atoms. The molecular weight excluding hydrogens is 486 g/mol. The Balaban J connectivity index is 1.81. The van der Waals surface area contributed by atoms with Gasteiger partial charge in [0, 0.05) is 0 Å². The first-order chi connectivity index (χ1) is 15.3. The molecule has 1 atom stereocenters. The molecular formula is C22H17Cl2N4O2PS. The highest BCUT2D eigenvalue weighted by Crippen LogP contribution is 2.56. The number of hydrogen-bond acceptors (Lipinski definition) is 4. The number of furan rings is 1. The largest absolute Gasteiger partial charge is 0.459 e. The van der Waals surface area contributed by atoms with Crippen LogP contribution in [0.2, 0.25) is 10.0 Å². The van der Waals surface area contributed by atoms with Crippen LogP contribution in [0.15, 0.2) is 65.1 Å². The predicted molar refractivity (Wildman–Crippen MR) is 133 cm³/mol. The molecule has 2 amide bonds. The van der Waals surface area contributed by atoms with E-state index in [2.05, 4.69) is 5.32 Å². The molecule has 4 aromatic rings. The average molecular weight is 503 g/mol. The van der Waals surface area contributed by atoms with Crippen LogP contribution in [0.25, 0.3) is 5.69 Å². The van der Waals surface area contributed by atoms with E-state index in [4.69, 9.17) is 44.5 Å². The molecule has 0 aliphatic carbocycles. The zero-order valence-electron chi connectivity index (χ0n) is 17.0. The molecule has 5 rings (SSSR count). The Morgan fingerprint density at radius 1 is 1.00 bits per heavy atom. The Kier molecular flexibility index (Phi) is 5.18. The van der Waals surface area contributed by atoms with E-state index < -0.39 is 6.19 Å². The SMILES string of the molecule is Cc1ccc(P2(=S)c3c(C)nn(-c4ccccc4)c3NC(=O)N2c2ccc(Cl)c(Cl)c2)o1. The van der Waals surface area contributed by atoms with Crippen LogP contribution in [0.1, 0.15) is 11.5 Å². The molecule has 1 N–H and O–H groups in total. The van der Waals surface area contributed by atoms with Crippen LogP contribution < -0.4 is 20.8 Å². The van der Waals surface area contributed by atoms with E-state index in [0.29, 0.717) is 38.5 Å². The van der Waals surface area contributed by atoms with Crippen molar-refractivity contribution in [2.24, 2.45) is 0 Å². The summed E-state index contributed by atoms with van der Waals surface area (Å²) in [6, 6.07) is 17.9. The van der Waals surface area contributed by atoms with E-state index in [0.717, 1.165) is 11.0 Å². The molecule has 10 heteroatoms. The van der Waals surface area contributed by atoms with E-state index in [9.17, 15) is 4.79 Å². The topological polar surface area (TPSA) is 63.3 Å². The van der Waals surface area contributed by atoms with Crippen molar-refractivity contribution in [2.45, 2.75) is 13.8 Å². The number of amides is 2. The normalized spacial score (nSPS) is 17.9. The molecule has 2 aromatic carbocycles. The van der Waals surface area contributed by atoms with E-state index >= 15 is 0 Å². The monoisotopic (exact) mass is 502 g/mol. The number of hydrogen-bond donors (Lipinski definition) is 1. The number of carbonyl (C=O) groups excluding carboxylic acids is 1. The highest BCUT2D eigenvalue weighted by Gasteiger charge is 2.46. The summed E-state index contributed by atoms with van der Waals surface area (Å²) in [6.07, 6.45) is -2.99. The quantitative estimate of drug-likeness (QED) is 0.360. The molecule has 3 heterocycles. The first kappa shape index (κ1) is 21.3. The lowest BCUT2D eigenvalue weighted by Crippen LogP contribution is -2.45. The molecule has 162 valence electrons. The minimum atomic E-state index is -2.99. The summed E-state index contributed by atoms with van der Waals surface area (Å²) in [6.45, 7) is 3.74. The zero-order valence-corrected chi connectivity index (χ0v) is 20.3. The van der Waals surface area contributed by atoms with Crippen LogP contribution >= 0.6 is 29.4 Å². The lowest BCUT2D eigenvalue weighted by molar-refractivity contribution is 0.259. The number of para-hydroxylation sites is 1. The van der Waals surface area contributed by atoms with Gasteiger partial charge in [0.1, 0.15) is 17.8 Å². The van der Waals surface area contributed by atoms with Crippen LogP contribution in [0.4, 0.5) is 16.3 Å². The molecule has 6 nitrogen and oxygen atoms in total. The van der Waals surface area contributed by atoms with Gasteiger partial charge in [-0.1, -0.05) is 53.2 Å².